The first kappa shape index (κ1) is 12.2. The second-order valence-corrected chi connectivity index (χ2v) is 5.05. The highest BCUT2D eigenvalue weighted by molar-refractivity contribution is 5.59. The van der Waals surface area contributed by atoms with Gasteiger partial charge in [-0.15, -0.1) is 0 Å². The molecular weight excluding hydrogens is 240 g/mol. The van der Waals surface area contributed by atoms with Crippen LogP contribution in [0, 0.1) is 0 Å². The number of hydrogen-bond donors (Lipinski definition) is 1. The van der Waals surface area contributed by atoms with Gasteiger partial charge in [0, 0.05) is 25.3 Å². The Labute approximate surface area is 112 Å². The zero-order valence-corrected chi connectivity index (χ0v) is 11.3. The highest BCUT2D eigenvalue weighted by Crippen LogP contribution is 2.25. The summed E-state index contributed by atoms with van der Waals surface area (Å²) >= 11 is 0. The highest BCUT2D eigenvalue weighted by atomic mass is 16.5. The topological polar surface area (TPSA) is 54.2 Å². The Bertz CT molecular complexity index is 541. The lowest BCUT2D eigenvalue weighted by Crippen LogP contribution is -2.12. The molecule has 0 bridgehead atoms. The van der Waals surface area contributed by atoms with Crippen LogP contribution in [0.1, 0.15) is 24.8 Å². The van der Waals surface area contributed by atoms with Gasteiger partial charge in [0.2, 0.25) is 11.7 Å². The van der Waals surface area contributed by atoms with Crippen molar-refractivity contribution >= 4 is 5.69 Å². The van der Waals surface area contributed by atoms with Gasteiger partial charge in [-0.3, -0.25) is 0 Å². The second kappa shape index (κ2) is 5.01. The maximum absolute atomic E-state index is 5.35. The summed E-state index contributed by atoms with van der Waals surface area (Å²) in [5.41, 5.74) is 2.14. The van der Waals surface area contributed by atoms with Crippen molar-refractivity contribution in [3.63, 3.8) is 0 Å². The van der Waals surface area contributed by atoms with Crippen LogP contribution in [0.5, 0.6) is 0 Å². The largest absolute Gasteiger partial charge is 0.378 e. The Morgan fingerprint density at radius 3 is 2.68 bits per heavy atom. The minimum Gasteiger partial charge on any atom is -0.378 e. The second-order valence-electron chi connectivity index (χ2n) is 5.05. The molecule has 0 radical (unpaired) electrons. The molecule has 2 heterocycles. The molecule has 1 aliphatic rings. The zero-order chi connectivity index (χ0) is 13.2. The van der Waals surface area contributed by atoms with Crippen molar-refractivity contribution in [2.75, 3.05) is 25.5 Å². The normalized spacial score (nSPS) is 18.7. The summed E-state index contributed by atoms with van der Waals surface area (Å²) in [6, 6.07) is 8.37. The predicted octanol–water partition coefficient (Wildman–Crippen LogP) is 2.23. The third kappa shape index (κ3) is 2.46. The van der Waals surface area contributed by atoms with Crippen molar-refractivity contribution in [1.82, 2.24) is 15.5 Å². The maximum Gasteiger partial charge on any atom is 0.244 e. The highest BCUT2D eigenvalue weighted by Gasteiger charge is 2.22. The number of benzene rings is 1. The van der Waals surface area contributed by atoms with Crippen molar-refractivity contribution in [2.24, 2.45) is 0 Å². The van der Waals surface area contributed by atoms with E-state index in [4.69, 9.17) is 4.52 Å². The molecule has 3 rings (SSSR count). The molecule has 0 spiro atoms. The van der Waals surface area contributed by atoms with Crippen LogP contribution in [0.3, 0.4) is 0 Å². The molecule has 1 aromatic carbocycles. The molecule has 1 fully saturated rings. The molecule has 0 aliphatic carbocycles. The SMILES string of the molecule is CN(C)c1ccc(-c2noc(C3CCCN3)n2)cc1. The van der Waals surface area contributed by atoms with Gasteiger partial charge in [-0.05, 0) is 43.7 Å². The monoisotopic (exact) mass is 258 g/mol. The number of anilines is 1. The van der Waals surface area contributed by atoms with Crippen LogP contribution in [0.25, 0.3) is 11.4 Å². The number of aromatic nitrogens is 2. The molecular formula is C14H18N4O. The van der Waals surface area contributed by atoms with E-state index < -0.39 is 0 Å². The van der Waals surface area contributed by atoms with Crippen LogP contribution in [0.4, 0.5) is 5.69 Å². The summed E-state index contributed by atoms with van der Waals surface area (Å²) in [5.74, 6) is 1.36. The number of nitrogens with zero attached hydrogens (tertiary/aromatic N) is 3. The fourth-order valence-corrected chi connectivity index (χ4v) is 2.30. The molecule has 1 unspecified atom stereocenters. The minimum absolute atomic E-state index is 0.224. The van der Waals surface area contributed by atoms with Crippen molar-refractivity contribution in [3.05, 3.63) is 30.2 Å². The molecule has 1 saturated heterocycles. The van der Waals surface area contributed by atoms with E-state index in [-0.39, 0.29) is 6.04 Å². The molecule has 5 heteroatoms. The van der Waals surface area contributed by atoms with Crippen molar-refractivity contribution in [1.29, 1.82) is 0 Å². The van der Waals surface area contributed by atoms with Gasteiger partial charge in [-0.1, -0.05) is 5.16 Å². The molecule has 1 atom stereocenters. The molecule has 0 saturated carbocycles. The van der Waals surface area contributed by atoms with Gasteiger partial charge >= 0.3 is 0 Å². The Morgan fingerprint density at radius 1 is 1.26 bits per heavy atom. The van der Waals surface area contributed by atoms with Crippen molar-refractivity contribution in [3.8, 4) is 11.4 Å². The Balaban J connectivity index is 1.81. The average Bonchev–Trinajstić information content (AvgIpc) is 3.10. The van der Waals surface area contributed by atoms with Gasteiger partial charge in [-0.25, -0.2) is 0 Å². The smallest absolute Gasteiger partial charge is 0.244 e. The molecule has 19 heavy (non-hydrogen) atoms. The zero-order valence-electron chi connectivity index (χ0n) is 11.3. The first-order valence-corrected chi connectivity index (χ1v) is 6.59. The van der Waals surface area contributed by atoms with Gasteiger partial charge in [0.15, 0.2) is 0 Å². The lowest BCUT2D eigenvalue weighted by Gasteiger charge is -2.11. The fraction of sp³-hybridized carbons (Fsp3) is 0.429. The Morgan fingerprint density at radius 2 is 2.05 bits per heavy atom. The molecule has 5 nitrogen and oxygen atoms in total. The number of nitrogens with one attached hydrogen (secondary N) is 1. The first-order chi connectivity index (χ1) is 9.24. The van der Waals surface area contributed by atoms with Gasteiger partial charge in [0.05, 0.1) is 6.04 Å². The van der Waals surface area contributed by atoms with E-state index in [2.05, 4.69) is 32.5 Å². The summed E-state index contributed by atoms with van der Waals surface area (Å²) in [5, 5.41) is 7.42. The molecule has 1 aromatic heterocycles. The van der Waals surface area contributed by atoms with Gasteiger partial charge in [0.25, 0.3) is 0 Å². The molecule has 1 aliphatic heterocycles. The minimum atomic E-state index is 0.224. The predicted molar refractivity (Wildman–Crippen MR) is 74.0 cm³/mol. The van der Waals surface area contributed by atoms with E-state index in [1.165, 1.54) is 6.42 Å². The standard InChI is InChI=1S/C14H18N4O/c1-18(2)11-7-5-10(6-8-11)13-16-14(19-17-13)12-4-3-9-15-12/h5-8,12,15H,3-4,9H2,1-2H3. The summed E-state index contributed by atoms with van der Waals surface area (Å²) < 4.78 is 5.35. The summed E-state index contributed by atoms with van der Waals surface area (Å²) in [6.45, 7) is 1.03. The van der Waals surface area contributed by atoms with Crippen LogP contribution >= 0.6 is 0 Å². The molecule has 0 amide bonds. The van der Waals surface area contributed by atoms with E-state index in [9.17, 15) is 0 Å². The third-order valence-electron chi connectivity index (χ3n) is 3.44. The summed E-state index contributed by atoms with van der Waals surface area (Å²) in [7, 11) is 4.04. The fourth-order valence-electron chi connectivity index (χ4n) is 2.30. The van der Waals surface area contributed by atoms with Crippen LogP contribution in [0.15, 0.2) is 28.8 Å². The van der Waals surface area contributed by atoms with Crippen LogP contribution in [-0.2, 0) is 0 Å². The molecule has 2 aromatic rings. The van der Waals surface area contributed by atoms with Gasteiger partial charge in [0.1, 0.15) is 0 Å². The quantitative estimate of drug-likeness (QED) is 0.915. The average molecular weight is 258 g/mol. The first-order valence-electron chi connectivity index (χ1n) is 6.59. The van der Waals surface area contributed by atoms with Crippen LogP contribution in [0.2, 0.25) is 0 Å². The van der Waals surface area contributed by atoms with Crippen LogP contribution < -0.4 is 10.2 Å². The van der Waals surface area contributed by atoms with E-state index in [1.54, 1.807) is 0 Å². The Hall–Kier alpha value is -1.88. The summed E-state index contributed by atoms with van der Waals surface area (Å²) in [4.78, 5) is 6.55. The van der Waals surface area contributed by atoms with Crippen molar-refractivity contribution < 1.29 is 4.52 Å². The lowest BCUT2D eigenvalue weighted by atomic mass is 10.2. The lowest BCUT2D eigenvalue weighted by molar-refractivity contribution is 0.345. The number of rotatable bonds is 3. The van der Waals surface area contributed by atoms with Crippen molar-refractivity contribution in [2.45, 2.75) is 18.9 Å². The molecule has 1 N–H and O–H groups in total. The van der Waals surface area contributed by atoms with E-state index in [0.29, 0.717) is 11.7 Å². The molecule has 100 valence electrons. The van der Waals surface area contributed by atoms with Gasteiger partial charge in [-0.2, -0.15) is 4.98 Å². The van der Waals surface area contributed by atoms with Gasteiger partial charge < -0.3 is 14.7 Å². The van der Waals surface area contributed by atoms with E-state index in [0.717, 1.165) is 24.2 Å². The van der Waals surface area contributed by atoms with E-state index in [1.807, 2.05) is 26.2 Å². The summed E-state index contributed by atoms with van der Waals surface area (Å²) in [6.07, 6.45) is 2.24. The maximum atomic E-state index is 5.35. The third-order valence-corrected chi connectivity index (χ3v) is 3.44. The Kier molecular flexibility index (Phi) is 3.21. The number of hydrogen-bond acceptors (Lipinski definition) is 5. The van der Waals surface area contributed by atoms with E-state index >= 15 is 0 Å². The van der Waals surface area contributed by atoms with Crippen LogP contribution in [-0.4, -0.2) is 30.8 Å².